The second kappa shape index (κ2) is 5.20. The van der Waals surface area contributed by atoms with Crippen LogP contribution in [0.4, 0.5) is 4.39 Å². The molecule has 0 atom stereocenters. The zero-order valence-corrected chi connectivity index (χ0v) is 12.9. The molecule has 5 rings (SSSR count). The molecule has 0 unspecified atom stereocenters. The predicted octanol–water partition coefficient (Wildman–Crippen LogP) is 3.70. The van der Waals surface area contributed by atoms with Crippen molar-refractivity contribution in [2.45, 2.75) is 0 Å². The molecule has 0 aliphatic rings. The van der Waals surface area contributed by atoms with Gasteiger partial charge in [-0.2, -0.15) is 5.10 Å². The number of nitrogens with one attached hydrogen (secondary N) is 2. The lowest BCUT2D eigenvalue weighted by Gasteiger charge is -2.02. The number of halogens is 1. The molecular formula is C18H11FN6. The van der Waals surface area contributed by atoms with Gasteiger partial charge in [0.1, 0.15) is 17.0 Å². The highest BCUT2D eigenvalue weighted by Crippen LogP contribution is 2.31. The number of hydrogen-bond donors (Lipinski definition) is 2. The lowest BCUT2D eigenvalue weighted by atomic mass is 10.1. The summed E-state index contributed by atoms with van der Waals surface area (Å²) in [5.74, 6) is 0.300. The molecule has 0 bridgehead atoms. The predicted molar refractivity (Wildman–Crippen MR) is 92.2 cm³/mol. The largest absolute Gasteiger partial charge is 0.335 e. The van der Waals surface area contributed by atoms with E-state index in [1.54, 1.807) is 36.8 Å². The highest BCUT2D eigenvalue weighted by molar-refractivity contribution is 5.95. The third kappa shape index (κ3) is 2.09. The van der Waals surface area contributed by atoms with E-state index in [1.165, 1.54) is 6.07 Å². The van der Waals surface area contributed by atoms with Crippen LogP contribution in [-0.2, 0) is 0 Å². The molecule has 4 aromatic heterocycles. The summed E-state index contributed by atoms with van der Waals surface area (Å²) in [5, 5.41) is 8.01. The first-order chi connectivity index (χ1) is 12.3. The Bertz CT molecular complexity index is 1220. The number of nitrogens with zero attached hydrogens (tertiary/aromatic N) is 4. The van der Waals surface area contributed by atoms with Crippen molar-refractivity contribution in [3.8, 4) is 22.6 Å². The number of aromatic amines is 2. The Morgan fingerprint density at radius 3 is 2.80 bits per heavy atom. The van der Waals surface area contributed by atoms with Crippen molar-refractivity contribution in [1.29, 1.82) is 0 Å². The Labute approximate surface area is 140 Å². The van der Waals surface area contributed by atoms with E-state index in [2.05, 4.69) is 30.1 Å². The maximum atomic E-state index is 14.2. The van der Waals surface area contributed by atoms with Gasteiger partial charge in [0, 0.05) is 28.9 Å². The Hall–Kier alpha value is -3.61. The number of H-pyrrole nitrogens is 2. The normalized spacial score (nSPS) is 11.4. The van der Waals surface area contributed by atoms with Crippen molar-refractivity contribution in [2.24, 2.45) is 0 Å². The molecule has 0 fully saturated rings. The smallest absolute Gasteiger partial charge is 0.181 e. The van der Waals surface area contributed by atoms with Crippen molar-refractivity contribution >= 4 is 22.1 Å². The summed E-state index contributed by atoms with van der Waals surface area (Å²) in [6.07, 6.45) is 4.98. The molecule has 0 saturated carbocycles. The third-order valence-corrected chi connectivity index (χ3v) is 4.12. The average Bonchev–Trinajstić information content (AvgIpc) is 3.25. The van der Waals surface area contributed by atoms with E-state index in [9.17, 15) is 4.39 Å². The van der Waals surface area contributed by atoms with Gasteiger partial charge in [-0.25, -0.2) is 14.4 Å². The highest BCUT2D eigenvalue weighted by atomic mass is 19.1. The first kappa shape index (κ1) is 13.8. The van der Waals surface area contributed by atoms with E-state index in [0.29, 0.717) is 28.1 Å². The summed E-state index contributed by atoms with van der Waals surface area (Å²) in [6.45, 7) is 0. The Kier molecular flexibility index (Phi) is 2.87. The SMILES string of the molecule is Fc1ccccc1-c1cncc2[nH]c(-c3[nH]nc4ncccc34)nc12. The van der Waals surface area contributed by atoms with E-state index >= 15 is 0 Å². The fourth-order valence-corrected chi connectivity index (χ4v) is 2.96. The van der Waals surface area contributed by atoms with Crippen LogP contribution >= 0.6 is 0 Å². The molecule has 7 heteroatoms. The van der Waals surface area contributed by atoms with Crippen molar-refractivity contribution in [3.05, 3.63) is 60.8 Å². The van der Waals surface area contributed by atoms with Crippen molar-refractivity contribution in [1.82, 2.24) is 30.1 Å². The van der Waals surface area contributed by atoms with E-state index in [1.807, 2.05) is 12.1 Å². The van der Waals surface area contributed by atoms with Crippen LogP contribution in [0.1, 0.15) is 0 Å². The Balaban J connectivity index is 1.75. The van der Waals surface area contributed by atoms with Gasteiger partial charge < -0.3 is 4.98 Å². The number of benzene rings is 1. The van der Waals surface area contributed by atoms with Crippen LogP contribution in [0, 0.1) is 5.82 Å². The first-order valence-electron chi connectivity index (χ1n) is 7.69. The number of aromatic nitrogens is 6. The van der Waals surface area contributed by atoms with Gasteiger partial charge in [0.05, 0.1) is 11.7 Å². The van der Waals surface area contributed by atoms with E-state index in [4.69, 9.17) is 0 Å². The van der Waals surface area contributed by atoms with Gasteiger partial charge in [0.15, 0.2) is 11.5 Å². The molecule has 0 aliphatic carbocycles. The zero-order chi connectivity index (χ0) is 16.8. The van der Waals surface area contributed by atoms with Crippen LogP contribution in [0.15, 0.2) is 55.0 Å². The summed E-state index contributed by atoms with van der Waals surface area (Å²) >= 11 is 0. The van der Waals surface area contributed by atoms with E-state index in [0.717, 1.165) is 16.6 Å². The molecule has 0 saturated heterocycles. The van der Waals surface area contributed by atoms with Crippen LogP contribution in [0.25, 0.3) is 44.7 Å². The molecule has 120 valence electrons. The minimum Gasteiger partial charge on any atom is -0.335 e. The van der Waals surface area contributed by atoms with E-state index in [-0.39, 0.29) is 5.82 Å². The second-order valence-corrected chi connectivity index (χ2v) is 5.62. The van der Waals surface area contributed by atoms with Crippen molar-refractivity contribution in [3.63, 3.8) is 0 Å². The van der Waals surface area contributed by atoms with Gasteiger partial charge in [-0.3, -0.25) is 10.1 Å². The van der Waals surface area contributed by atoms with Crippen LogP contribution in [-0.4, -0.2) is 30.1 Å². The molecule has 2 N–H and O–H groups in total. The van der Waals surface area contributed by atoms with Gasteiger partial charge in [0.2, 0.25) is 0 Å². The summed E-state index contributed by atoms with van der Waals surface area (Å²) in [4.78, 5) is 16.3. The highest BCUT2D eigenvalue weighted by Gasteiger charge is 2.16. The number of hydrogen-bond acceptors (Lipinski definition) is 4. The molecule has 0 spiro atoms. The van der Waals surface area contributed by atoms with Crippen molar-refractivity contribution < 1.29 is 4.39 Å². The Morgan fingerprint density at radius 2 is 1.88 bits per heavy atom. The van der Waals surface area contributed by atoms with Gasteiger partial charge >= 0.3 is 0 Å². The first-order valence-corrected chi connectivity index (χ1v) is 7.69. The summed E-state index contributed by atoms with van der Waals surface area (Å²) in [7, 11) is 0. The fourth-order valence-electron chi connectivity index (χ4n) is 2.96. The summed E-state index contributed by atoms with van der Waals surface area (Å²) < 4.78 is 14.2. The third-order valence-electron chi connectivity index (χ3n) is 4.12. The van der Waals surface area contributed by atoms with E-state index < -0.39 is 0 Å². The van der Waals surface area contributed by atoms with Gasteiger partial charge in [-0.1, -0.05) is 18.2 Å². The molecule has 4 heterocycles. The standard InChI is InChI=1S/C18H11FN6/c19-13-6-2-1-4-10(13)12-8-20-9-14-15(12)23-18(22-14)16-11-5-3-7-21-17(11)25-24-16/h1-9H,(H,22,23)(H,21,24,25). The molecule has 0 radical (unpaired) electrons. The van der Waals surface area contributed by atoms with Crippen LogP contribution < -0.4 is 0 Å². The minimum absolute atomic E-state index is 0.308. The van der Waals surface area contributed by atoms with Gasteiger partial charge in [-0.05, 0) is 18.2 Å². The second-order valence-electron chi connectivity index (χ2n) is 5.62. The number of rotatable bonds is 2. The summed E-state index contributed by atoms with van der Waals surface area (Å²) in [5.41, 5.74) is 3.84. The zero-order valence-electron chi connectivity index (χ0n) is 12.9. The van der Waals surface area contributed by atoms with Gasteiger partial charge in [-0.15, -0.1) is 0 Å². The number of fused-ring (bicyclic) bond motifs is 2. The number of imidazole rings is 1. The minimum atomic E-state index is -0.308. The van der Waals surface area contributed by atoms with Crippen molar-refractivity contribution in [2.75, 3.05) is 0 Å². The molecule has 5 aromatic rings. The maximum absolute atomic E-state index is 14.2. The molecule has 6 nitrogen and oxygen atoms in total. The lowest BCUT2D eigenvalue weighted by molar-refractivity contribution is 0.631. The van der Waals surface area contributed by atoms with Gasteiger partial charge in [0.25, 0.3) is 0 Å². The lowest BCUT2D eigenvalue weighted by Crippen LogP contribution is -1.87. The van der Waals surface area contributed by atoms with Crippen LogP contribution in [0.2, 0.25) is 0 Å². The average molecular weight is 330 g/mol. The molecule has 1 aromatic carbocycles. The fraction of sp³-hybridized carbons (Fsp3) is 0. The molecule has 0 aliphatic heterocycles. The van der Waals surface area contributed by atoms with Crippen LogP contribution in [0.3, 0.4) is 0 Å². The van der Waals surface area contributed by atoms with Crippen LogP contribution in [0.5, 0.6) is 0 Å². The monoisotopic (exact) mass is 330 g/mol. The topological polar surface area (TPSA) is 83.1 Å². The molecular weight excluding hydrogens is 319 g/mol. The summed E-state index contributed by atoms with van der Waals surface area (Å²) in [6, 6.07) is 10.4. The molecule has 0 amide bonds. The quantitative estimate of drug-likeness (QED) is 0.517. The Morgan fingerprint density at radius 1 is 0.960 bits per heavy atom. The number of pyridine rings is 2. The molecule has 25 heavy (non-hydrogen) atoms. The maximum Gasteiger partial charge on any atom is 0.181 e.